The first kappa shape index (κ1) is 6.55. The van der Waals surface area contributed by atoms with Gasteiger partial charge >= 0.3 is 6.41 Å². The minimum atomic E-state index is 0.520. The Kier molecular flexibility index (Phi) is 2.51. The first-order valence-electron chi connectivity index (χ1n) is 3.11. The van der Waals surface area contributed by atoms with Crippen molar-refractivity contribution in [2.45, 2.75) is 6.42 Å². The van der Waals surface area contributed by atoms with Crippen molar-refractivity contribution in [2.75, 3.05) is 19.8 Å². The molecule has 1 rings (SSSR count). The summed E-state index contributed by atoms with van der Waals surface area (Å²) in [7, 11) is 0. The average Bonchev–Trinajstić information content (AvgIpc) is 2.34. The third kappa shape index (κ3) is 2.01. The molecular weight excluding hydrogens is 118 g/mol. The van der Waals surface area contributed by atoms with E-state index in [1.807, 2.05) is 0 Å². The molecule has 3 nitrogen and oxygen atoms in total. The van der Waals surface area contributed by atoms with Gasteiger partial charge in [-0.05, 0) is 6.42 Å². The Morgan fingerprint density at radius 1 is 1.78 bits per heavy atom. The second-order valence-corrected chi connectivity index (χ2v) is 2.21. The summed E-state index contributed by atoms with van der Waals surface area (Å²) in [5, 5.41) is 2.50. The van der Waals surface area contributed by atoms with Gasteiger partial charge in [-0.2, -0.15) is 0 Å². The van der Waals surface area contributed by atoms with Crippen LogP contribution >= 0.6 is 0 Å². The zero-order valence-electron chi connectivity index (χ0n) is 5.22. The summed E-state index contributed by atoms with van der Waals surface area (Å²) in [5.74, 6) is 0.520. The van der Waals surface area contributed by atoms with Gasteiger partial charge in [0.05, 0.1) is 6.61 Å². The molecule has 1 aliphatic rings. The lowest BCUT2D eigenvalue weighted by molar-refractivity contribution is 0.186. The summed E-state index contributed by atoms with van der Waals surface area (Å²) in [5.41, 5.74) is 0. The molecule has 1 amide bonds. The van der Waals surface area contributed by atoms with Gasteiger partial charge in [0.25, 0.3) is 0 Å². The number of carbonyl (C=O) groups excluding carboxylic acids is 1. The van der Waals surface area contributed by atoms with Crippen molar-refractivity contribution in [3.63, 3.8) is 0 Å². The lowest BCUT2D eigenvalue weighted by atomic mass is 10.1. The van der Waals surface area contributed by atoms with E-state index in [0.29, 0.717) is 12.5 Å². The highest BCUT2D eigenvalue weighted by Gasteiger charge is 2.14. The topological polar surface area (TPSA) is 38.3 Å². The summed E-state index contributed by atoms with van der Waals surface area (Å²) >= 11 is 0. The van der Waals surface area contributed by atoms with E-state index in [2.05, 4.69) is 5.32 Å². The van der Waals surface area contributed by atoms with Gasteiger partial charge in [-0.1, -0.05) is 0 Å². The van der Waals surface area contributed by atoms with Crippen molar-refractivity contribution in [1.82, 2.24) is 5.32 Å². The molecule has 0 aliphatic carbocycles. The highest BCUT2D eigenvalue weighted by atomic mass is 16.5. The van der Waals surface area contributed by atoms with Crippen LogP contribution in [0.2, 0.25) is 0 Å². The van der Waals surface area contributed by atoms with Crippen LogP contribution in [0.15, 0.2) is 0 Å². The van der Waals surface area contributed by atoms with E-state index in [0.717, 1.165) is 19.6 Å². The molecule has 1 saturated heterocycles. The van der Waals surface area contributed by atoms with Gasteiger partial charge in [0.1, 0.15) is 0 Å². The molecule has 51 valence electrons. The van der Waals surface area contributed by atoms with Gasteiger partial charge < -0.3 is 10.1 Å². The summed E-state index contributed by atoms with van der Waals surface area (Å²) in [6, 6.07) is 0. The molecule has 1 fully saturated rings. The van der Waals surface area contributed by atoms with E-state index in [1.54, 1.807) is 6.41 Å². The number of hydrogen-bond acceptors (Lipinski definition) is 2. The molecule has 0 spiro atoms. The monoisotopic (exact) mass is 128 g/mol. The molecule has 0 saturated carbocycles. The number of rotatable bonds is 3. The van der Waals surface area contributed by atoms with Gasteiger partial charge in [0.2, 0.25) is 0 Å². The highest BCUT2D eigenvalue weighted by molar-refractivity contribution is 5.46. The fourth-order valence-electron chi connectivity index (χ4n) is 0.930. The zero-order chi connectivity index (χ0) is 6.53. The summed E-state index contributed by atoms with van der Waals surface area (Å²) < 4.78 is 5.08. The number of hydrogen-bond donors (Lipinski definition) is 1. The maximum absolute atomic E-state index is 9.68. The molecule has 0 bridgehead atoms. The Labute approximate surface area is 54.4 Å². The van der Waals surface area contributed by atoms with Crippen LogP contribution in [0.25, 0.3) is 0 Å². The van der Waals surface area contributed by atoms with Crippen LogP contribution in [0.1, 0.15) is 6.42 Å². The van der Waals surface area contributed by atoms with Crippen molar-refractivity contribution in [3.05, 3.63) is 0 Å². The molecule has 1 aliphatic heterocycles. The molecule has 1 radical (unpaired) electrons. The van der Waals surface area contributed by atoms with Gasteiger partial charge in [-0.15, -0.1) is 0 Å². The maximum Gasteiger partial charge on any atom is 0.309 e. The molecule has 0 aromatic carbocycles. The Hall–Kier alpha value is -0.570. The van der Waals surface area contributed by atoms with Crippen LogP contribution in [-0.2, 0) is 9.53 Å². The van der Waals surface area contributed by atoms with E-state index >= 15 is 0 Å². The molecule has 1 heterocycles. The van der Waals surface area contributed by atoms with Crippen molar-refractivity contribution in [3.8, 4) is 0 Å². The van der Waals surface area contributed by atoms with Crippen molar-refractivity contribution >= 4 is 6.41 Å². The fourth-order valence-corrected chi connectivity index (χ4v) is 0.930. The minimum Gasteiger partial charge on any atom is -0.381 e. The number of amides is 1. The first-order valence-corrected chi connectivity index (χ1v) is 3.11. The second kappa shape index (κ2) is 3.45. The van der Waals surface area contributed by atoms with Crippen LogP contribution in [0, 0.1) is 5.92 Å². The Morgan fingerprint density at radius 2 is 2.67 bits per heavy atom. The van der Waals surface area contributed by atoms with Crippen LogP contribution in [-0.4, -0.2) is 26.2 Å². The third-order valence-corrected chi connectivity index (χ3v) is 1.49. The van der Waals surface area contributed by atoms with Gasteiger partial charge in [-0.25, -0.2) is 0 Å². The van der Waals surface area contributed by atoms with Crippen LogP contribution in [0.3, 0.4) is 0 Å². The van der Waals surface area contributed by atoms with Gasteiger partial charge in [0.15, 0.2) is 0 Å². The standard InChI is InChI=1S/C6H10NO2/c8-5-7-3-6-1-2-9-4-6/h6H,1-4H2,(H,7,8). The smallest absolute Gasteiger partial charge is 0.309 e. The quantitative estimate of drug-likeness (QED) is 0.529. The molecule has 1 N–H and O–H groups in total. The molecule has 1 atom stereocenters. The number of ether oxygens (including phenoxy) is 1. The maximum atomic E-state index is 9.68. The normalized spacial score (nSPS) is 26.0. The minimum absolute atomic E-state index is 0.520. The van der Waals surface area contributed by atoms with Crippen molar-refractivity contribution < 1.29 is 9.53 Å². The molecule has 1 unspecified atom stereocenters. The third-order valence-electron chi connectivity index (χ3n) is 1.49. The predicted octanol–water partition coefficient (Wildman–Crippen LogP) is -0.320. The second-order valence-electron chi connectivity index (χ2n) is 2.21. The molecule has 3 heteroatoms. The lowest BCUT2D eigenvalue weighted by Crippen LogP contribution is -2.21. The first-order chi connectivity index (χ1) is 4.43. The van der Waals surface area contributed by atoms with E-state index in [9.17, 15) is 4.79 Å². The molecule has 0 aromatic heterocycles. The molecule has 0 aromatic rings. The van der Waals surface area contributed by atoms with Crippen LogP contribution in [0.5, 0.6) is 0 Å². The van der Waals surface area contributed by atoms with E-state index in [1.165, 1.54) is 0 Å². The van der Waals surface area contributed by atoms with Gasteiger partial charge in [0, 0.05) is 19.1 Å². The zero-order valence-corrected chi connectivity index (χ0v) is 5.22. The molecular formula is C6H10NO2. The SMILES string of the molecule is O=[C]NCC1CCOC1. The van der Waals surface area contributed by atoms with E-state index in [4.69, 9.17) is 4.74 Å². The van der Waals surface area contributed by atoms with Crippen molar-refractivity contribution in [2.24, 2.45) is 5.92 Å². The largest absolute Gasteiger partial charge is 0.381 e. The highest BCUT2D eigenvalue weighted by Crippen LogP contribution is 2.09. The predicted molar refractivity (Wildman–Crippen MR) is 32.6 cm³/mol. The summed E-state index contributed by atoms with van der Waals surface area (Å²) in [4.78, 5) is 9.68. The van der Waals surface area contributed by atoms with E-state index < -0.39 is 0 Å². The summed E-state index contributed by atoms with van der Waals surface area (Å²) in [6.45, 7) is 2.34. The number of nitrogens with one attached hydrogen (secondary N) is 1. The Bertz CT molecular complexity index is 89.1. The fraction of sp³-hybridized carbons (Fsp3) is 0.833. The average molecular weight is 128 g/mol. The Morgan fingerprint density at radius 3 is 3.22 bits per heavy atom. The Balaban J connectivity index is 2.04. The molecule has 9 heavy (non-hydrogen) atoms. The van der Waals surface area contributed by atoms with E-state index in [-0.39, 0.29) is 0 Å². The van der Waals surface area contributed by atoms with Gasteiger partial charge in [-0.3, -0.25) is 4.79 Å². The van der Waals surface area contributed by atoms with Crippen molar-refractivity contribution in [1.29, 1.82) is 0 Å². The lowest BCUT2D eigenvalue weighted by Gasteiger charge is -2.02. The van der Waals surface area contributed by atoms with Crippen LogP contribution < -0.4 is 5.32 Å². The summed E-state index contributed by atoms with van der Waals surface area (Å²) in [6.07, 6.45) is 2.70. The van der Waals surface area contributed by atoms with Crippen LogP contribution in [0.4, 0.5) is 0 Å².